The molecule has 0 spiro atoms. The van der Waals surface area contributed by atoms with Crippen LogP contribution in [0.3, 0.4) is 0 Å². The van der Waals surface area contributed by atoms with E-state index in [-0.39, 0.29) is 0 Å². The molecule has 0 saturated carbocycles. The van der Waals surface area contributed by atoms with Crippen LogP contribution in [0.2, 0.25) is 0 Å². The van der Waals surface area contributed by atoms with Gasteiger partial charge >= 0.3 is 0 Å². The van der Waals surface area contributed by atoms with Crippen molar-refractivity contribution >= 4 is 32.8 Å². The first kappa shape index (κ1) is 14.2. The van der Waals surface area contributed by atoms with E-state index in [9.17, 15) is 0 Å². The van der Waals surface area contributed by atoms with Crippen molar-refractivity contribution in [3.8, 4) is 11.1 Å². The van der Waals surface area contributed by atoms with Gasteiger partial charge in [0.2, 0.25) is 0 Å². The van der Waals surface area contributed by atoms with E-state index in [0.717, 1.165) is 16.7 Å². The van der Waals surface area contributed by atoms with Crippen LogP contribution in [0.15, 0.2) is 66.7 Å². The number of hydrogen-bond acceptors (Lipinski definition) is 1. The molecule has 2 heterocycles. The molecule has 0 saturated heterocycles. The van der Waals surface area contributed by atoms with Crippen molar-refractivity contribution < 1.29 is 0 Å². The Morgan fingerprint density at radius 3 is 2.36 bits per heavy atom. The van der Waals surface area contributed by atoms with Gasteiger partial charge in [0.15, 0.2) is 0 Å². The molecule has 0 unspecified atom stereocenters. The Kier molecular flexibility index (Phi) is 2.95. The van der Waals surface area contributed by atoms with Crippen LogP contribution >= 0.6 is 0 Å². The van der Waals surface area contributed by atoms with Crippen molar-refractivity contribution in [2.75, 3.05) is 0 Å². The molecule has 120 valence electrons. The highest BCUT2D eigenvalue weighted by molar-refractivity contribution is 6.19. The Labute approximate surface area is 146 Å². The fourth-order valence-electron chi connectivity index (χ4n) is 3.69. The van der Waals surface area contributed by atoms with Gasteiger partial charge in [-0.25, -0.2) is 4.98 Å². The number of nitrogens with zero attached hydrogens (tertiary/aromatic N) is 1. The number of nitrogens with one attached hydrogen (secondary N) is 1. The fraction of sp³-hybridized carbons (Fsp3) is 0.0870. The molecule has 0 radical (unpaired) electrons. The molecule has 0 aliphatic rings. The first-order valence-corrected chi connectivity index (χ1v) is 8.58. The summed E-state index contributed by atoms with van der Waals surface area (Å²) in [7, 11) is 0. The predicted molar refractivity (Wildman–Crippen MR) is 106 cm³/mol. The topological polar surface area (TPSA) is 28.7 Å². The molecule has 3 aromatic carbocycles. The normalized spacial score (nSPS) is 11.6. The van der Waals surface area contributed by atoms with E-state index in [0.29, 0.717) is 0 Å². The van der Waals surface area contributed by atoms with E-state index < -0.39 is 0 Å². The fourth-order valence-corrected chi connectivity index (χ4v) is 3.69. The highest BCUT2D eigenvalue weighted by atomic mass is 14.9. The molecular weight excluding hydrogens is 304 g/mol. The molecule has 0 atom stereocenters. The molecule has 25 heavy (non-hydrogen) atoms. The third-order valence-corrected chi connectivity index (χ3v) is 4.93. The summed E-state index contributed by atoms with van der Waals surface area (Å²) in [6, 6.07) is 23.7. The molecule has 2 nitrogen and oxygen atoms in total. The minimum absolute atomic E-state index is 0.952. The van der Waals surface area contributed by atoms with Crippen LogP contribution in [-0.4, -0.2) is 9.97 Å². The second kappa shape index (κ2) is 5.18. The summed E-state index contributed by atoms with van der Waals surface area (Å²) in [6.45, 7) is 4.26. The van der Waals surface area contributed by atoms with Crippen molar-refractivity contribution in [1.82, 2.24) is 9.97 Å². The average Bonchev–Trinajstić information content (AvgIpc) is 2.99. The van der Waals surface area contributed by atoms with E-state index in [1.54, 1.807) is 0 Å². The summed E-state index contributed by atoms with van der Waals surface area (Å²) in [5.41, 5.74) is 8.13. The summed E-state index contributed by atoms with van der Waals surface area (Å²) in [4.78, 5) is 8.40. The molecule has 5 aromatic rings. The minimum atomic E-state index is 0.952. The summed E-state index contributed by atoms with van der Waals surface area (Å²) in [5.74, 6) is 0. The van der Waals surface area contributed by atoms with E-state index in [2.05, 4.69) is 85.6 Å². The number of aromatic nitrogens is 2. The summed E-state index contributed by atoms with van der Waals surface area (Å²) in [5, 5.41) is 3.64. The van der Waals surface area contributed by atoms with E-state index in [4.69, 9.17) is 4.98 Å². The zero-order valence-corrected chi connectivity index (χ0v) is 14.3. The first-order chi connectivity index (χ1) is 12.2. The molecule has 5 rings (SSSR count). The van der Waals surface area contributed by atoms with Gasteiger partial charge in [-0.2, -0.15) is 0 Å². The van der Waals surface area contributed by atoms with Gasteiger partial charge in [-0.15, -0.1) is 0 Å². The number of pyridine rings is 1. The van der Waals surface area contributed by atoms with Gasteiger partial charge in [0.25, 0.3) is 0 Å². The third kappa shape index (κ3) is 2.14. The van der Waals surface area contributed by atoms with Gasteiger partial charge in [-0.1, -0.05) is 59.7 Å². The quantitative estimate of drug-likeness (QED) is 0.394. The average molecular weight is 322 g/mol. The highest BCUT2D eigenvalue weighted by Gasteiger charge is 2.15. The maximum absolute atomic E-state index is 4.90. The number of benzene rings is 3. The lowest BCUT2D eigenvalue weighted by Gasteiger charge is -2.10. The number of aryl methyl sites for hydroxylation is 2. The number of aromatic amines is 1. The van der Waals surface area contributed by atoms with Crippen LogP contribution in [0.1, 0.15) is 11.1 Å². The van der Waals surface area contributed by atoms with Gasteiger partial charge < -0.3 is 4.98 Å². The zero-order chi connectivity index (χ0) is 17.0. The van der Waals surface area contributed by atoms with Crippen LogP contribution < -0.4 is 0 Å². The Morgan fingerprint density at radius 1 is 0.760 bits per heavy atom. The zero-order valence-electron chi connectivity index (χ0n) is 14.3. The number of hydrogen-bond donors (Lipinski definition) is 1. The maximum atomic E-state index is 4.90. The standard InChI is InChI=1S/C23H18N2/c1-14-7-10-16(11-8-14)21-18-13-15(2)9-12-20(18)25-23-22(21)17-5-3-4-6-19(17)24-23/h3-13H,1-2H3,(H,24,25). The summed E-state index contributed by atoms with van der Waals surface area (Å²) < 4.78 is 0. The van der Waals surface area contributed by atoms with Crippen molar-refractivity contribution in [1.29, 1.82) is 0 Å². The number of H-pyrrole nitrogens is 1. The lowest BCUT2D eigenvalue weighted by Crippen LogP contribution is -1.89. The largest absolute Gasteiger partial charge is 0.339 e. The van der Waals surface area contributed by atoms with E-state index in [1.165, 1.54) is 38.4 Å². The molecule has 0 amide bonds. The van der Waals surface area contributed by atoms with Gasteiger partial charge in [0.05, 0.1) is 5.52 Å². The number of rotatable bonds is 1. The number of para-hydroxylation sites is 1. The molecule has 0 fully saturated rings. The monoisotopic (exact) mass is 322 g/mol. The summed E-state index contributed by atoms with van der Waals surface area (Å²) >= 11 is 0. The highest BCUT2D eigenvalue weighted by Crippen LogP contribution is 2.39. The van der Waals surface area contributed by atoms with E-state index >= 15 is 0 Å². The van der Waals surface area contributed by atoms with E-state index in [1.807, 2.05) is 0 Å². The Bertz CT molecular complexity index is 1240. The second-order valence-electron chi connectivity index (χ2n) is 6.77. The summed E-state index contributed by atoms with van der Waals surface area (Å²) in [6.07, 6.45) is 0. The molecule has 0 bridgehead atoms. The van der Waals surface area contributed by atoms with Crippen LogP contribution in [0.5, 0.6) is 0 Å². The maximum Gasteiger partial charge on any atom is 0.139 e. The number of fused-ring (bicyclic) bond motifs is 4. The van der Waals surface area contributed by atoms with Crippen molar-refractivity contribution in [2.45, 2.75) is 13.8 Å². The molecule has 0 aliphatic carbocycles. The van der Waals surface area contributed by atoms with Crippen molar-refractivity contribution in [2.24, 2.45) is 0 Å². The molecule has 0 aliphatic heterocycles. The smallest absolute Gasteiger partial charge is 0.139 e. The van der Waals surface area contributed by atoms with Gasteiger partial charge in [-0.05, 0) is 37.6 Å². The molecule has 1 N–H and O–H groups in total. The predicted octanol–water partition coefficient (Wildman–Crippen LogP) is 6.15. The van der Waals surface area contributed by atoms with Crippen molar-refractivity contribution in [3.05, 3.63) is 77.9 Å². The Hall–Kier alpha value is -3.13. The van der Waals surface area contributed by atoms with Crippen LogP contribution in [0, 0.1) is 13.8 Å². The van der Waals surface area contributed by atoms with Crippen LogP contribution in [0.25, 0.3) is 44.0 Å². The molecule has 2 heteroatoms. The van der Waals surface area contributed by atoms with Gasteiger partial charge in [0, 0.05) is 27.2 Å². The van der Waals surface area contributed by atoms with Crippen LogP contribution in [0.4, 0.5) is 0 Å². The first-order valence-electron chi connectivity index (χ1n) is 8.58. The van der Waals surface area contributed by atoms with Gasteiger partial charge in [0.1, 0.15) is 5.65 Å². The Morgan fingerprint density at radius 2 is 1.52 bits per heavy atom. The van der Waals surface area contributed by atoms with Gasteiger partial charge in [-0.3, -0.25) is 0 Å². The lowest BCUT2D eigenvalue weighted by atomic mass is 9.95. The molecule has 2 aromatic heterocycles. The molecular formula is C23H18N2. The second-order valence-corrected chi connectivity index (χ2v) is 6.77. The Balaban J connectivity index is 2.04. The third-order valence-electron chi connectivity index (χ3n) is 4.93. The van der Waals surface area contributed by atoms with Crippen LogP contribution in [-0.2, 0) is 0 Å². The SMILES string of the molecule is Cc1ccc(-c2c3cc(C)ccc3nc3[nH]c4ccccc4c23)cc1. The lowest BCUT2D eigenvalue weighted by molar-refractivity contribution is 1.39. The minimum Gasteiger partial charge on any atom is -0.339 e. The van der Waals surface area contributed by atoms with Crippen molar-refractivity contribution in [3.63, 3.8) is 0 Å².